The zero-order chi connectivity index (χ0) is 25.4. The third-order valence-electron chi connectivity index (χ3n) is 7.83. The van der Waals surface area contributed by atoms with E-state index >= 15 is 0 Å². The van der Waals surface area contributed by atoms with Gasteiger partial charge in [0.1, 0.15) is 18.3 Å². The molecule has 0 bridgehead atoms. The number of ether oxygens (including phenoxy) is 2. The first-order chi connectivity index (χ1) is 16.7. The van der Waals surface area contributed by atoms with Crippen molar-refractivity contribution in [3.05, 3.63) is 58.2 Å². The number of hydrogen-bond acceptors (Lipinski definition) is 8. The van der Waals surface area contributed by atoms with E-state index in [1.54, 1.807) is 13.2 Å². The normalized spacial score (nSPS) is 28.6. The highest BCUT2D eigenvalue weighted by atomic mass is 16.5. The van der Waals surface area contributed by atoms with E-state index in [1.807, 2.05) is 45.1 Å². The van der Waals surface area contributed by atoms with Crippen molar-refractivity contribution < 1.29 is 24.2 Å². The maximum Gasteiger partial charge on any atom is 0.338 e. The summed E-state index contributed by atoms with van der Waals surface area (Å²) in [6, 6.07) is 5.97. The van der Waals surface area contributed by atoms with Gasteiger partial charge in [0.25, 0.3) is 0 Å². The molecule has 0 saturated carbocycles. The van der Waals surface area contributed by atoms with E-state index in [-0.39, 0.29) is 18.5 Å². The van der Waals surface area contributed by atoms with Crippen LogP contribution in [0.3, 0.4) is 0 Å². The Morgan fingerprint density at radius 3 is 2.66 bits per heavy atom. The van der Waals surface area contributed by atoms with Crippen molar-refractivity contribution in [2.24, 2.45) is 11.3 Å². The van der Waals surface area contributed by atoms with Gasteiger partial charge in [-0.3, -0.25) is 9.80 Å². The van der Waals surface area contributed by atoms with Gasteiger partial charge in [0.05, 0.1) is 17.7 Å². The maximum absolute atomic E-state index is 11.8. The Morgan fingerprint density at radius 2 is 2.03 bits per heavy atom. The number of benzene rings is 1. The number of aldehydes is 1. The molecule has 0 aromatic heterocycles. The Labute approximate surface area is 206 Å². The van der Waals surface area contributed by atoms with Gasteiger partial charge in [-0.2, -0.15) is 5.26 Å². The molecule has 4 atom stereocenters. The van der Waals surface area contributed by atoms with Gasteiger partial charge < -0.3 is 19.4 Å². The number of rotatable bonds is 7. The predicted molar refractivity (Wildman–Crippen MR) is 129 cm³/mol. The first-order valence-corrected chi connectivity index (χ1v) is 12.0. The molecule has 1 aromatic rings. The van der Waals surface area contributed by atoms with E-state index in [4.69, 9.17) is 9.47 Å². The number of esters is 1. The molecule has 1 aliphatic carbocycles. The van der Waals surface area contributed by atoms with Crippen molar-refractivity contribution >= 4 is 12.3 Å². The van der Waals surface area contributed by atoms with Crippen molar-refractivity contribution in [1.82, 2.24) is 9.80 Å². The van der Waals surface area contributed by atoms with E-state index in [0.717, 1.165) is 28.5 Å². The summed E-state index contributed by atoms with van der Waals surface area (Å²) in [7, 11) is 1.61. The van der Waals surface area contributed by atoms with Crippen LogP contribution in [0.25, 0.3) is 0 Å². The first-order valence-electron chi connectivity index (χ1n) is 12.0. The highest BCUT2D eigenvalue weighted by Gasteiger charge is 2.53. The van der Waals surface area contributed by atoms with E-state index < -0.39 is 17.2 Å². The van der Waals surface area contributed by atoms with E-state index in [9.17, 15) is 20.0 Å². The SMILES string of the molecule is COC1(N2CCN(CC(O)c3ccc4c(c3C)COC4=O)CC2)C=C(C(C)C=O)C=CC1(C)C#N. The van der Waals surface area contributed by atoms with E-state index in [1.165, 1.54) is 0 Å². The molecule has 1 fully saturated rings. The summed E-state index contributed by atoms with van der Waals surface area (Å²) in [5.74, 6) is -0.606. The number of β-amino-alcohol motifs (C(OH)–C–C–N with tert-alkyl or cyclic N) is 1. The zero-order valence-corrected chi connectivity index (χ0v) is 20.8. The number of methoxy groups -OCH3 is 1. The van der Waals surface area contributed by atoms with E-state index in [2.05, 4.69) is 15.9 Å². The lowest BCUT2D eigenvalue weighted by atomic mass is 9.73. The van der Waals surface area contributed by atoms with Gasteiger partial charge in [-0.05, 0) is 42.7 Å². The number of allylic oxidation sites excluding steroid dienone is 2. The Bertz CT molecular complexity index is 1110. The van der Waals surface area contributed by atoms with Crippen LogP contribution in [-0.4, -0.2) is 72.7 Å². The third-order valence-corrected chi connectivity index (χ3v) is 7.83. The second-order valence-electron chi connectivity index (χ2n) is 9.80. The number of nitrogens with zero attached hydrogens (tertiary/aromatic N) is 3. The number of nitriles is 1. The van der Waals surface area contributed by atoms with Crippen LogP contribution in [-0.2, 0) is 20.9 Å². The highest BCUT2D eigenvalue weighted by molar-refractivity contribution is 5.93. The number of piperazine rings is 1. The molecule has 1 aromatic carbocycles. The number of carbonyl (C=O) groups excluding carboxylic acids is 2. The molecule has 186 valence electrons. The van der Waals surface area contributed by atoms with Crippen LogP contribution in [0.15, 0.2) is 35.9 Å². The number of fused-ring (bicyclic) bond motifs is 1. The molecule has 0 radical (unpaired) electrons. The molecule has 35 heavy (non-hydrogen) atoms. The van der Waals surface area contributed by atoms with Crippen molar-refractivity contribution in [1.29, 1.82) is 5.26 Å². The lowest BCUT2D eigenvalue weighted by Gasteiger charge is -2.52. The summed E-state index contributed by atoms with van der Waals surface area (Å²) >= 11 is 0. The van der Waals surface area contributed by atoms with Gasteiger partial charge in [0.15, 0.2) is 5.72 Å². The van der Waals surface area contributed by atoms with Crippen molar-refractivity contribution in [2.75, 3.05) is 39.8 Å². The molecule has 0 amide bonds. The number of carbonyl (C=O) groups is 2. The Morgan fingerprint density at radius 1 is 1.31 bits per heavy atom. The Hall–Kier alpha value is -2.83. The third kappa shape index (κ3) is 4.23. The monoisotopic (exact) mass is 479 g/mol. The molecule has 3 aliphatic rings. The fraction of sp³-hybridized carbons (Fsp3) is 0.519. The second kappa shape index (κ2) is 9.67. The summed E-state index contributed by atoms with van der Waals surface area (Å²) in [4.78, 5) is 27.6. The molecular weight excluding hydrogens is 446 g/mol. The van der Waals surface area contributed by atoms with Crippen LogP contribution in [0.5, 0.6) is 0 Å². The number of aliphatic hydroxyl groups excluding tert-OH is 1. The molecule has 8 heteroatoms. The van der Waals surface area contributed by atoms with Crippen molar-refractivity contribution in [2.45, 2.75) is 39.2 Å². The summed E-state index contributed by atoms with van der Waals surface area (Å²) in [5, 5.41) is 21.1. The smallest absolute Gasteiger partial charge is 0.338 e. The summed E-state index contributed by atoms with van der Waals surface area (Å²) < 4.78 is 11.2. The van der Waals surface area contributed by atoms with Gasteiger partial charge in [0.2, 0.25) is 0 Å². The topological polar surface area (TPSA) is 103 Å². The predicted octanol–water partition coefficient (Wildman–Crippen LogP) is 2.52. The minimum absolute atomic E-state index is 0.253. The molecule has 1 saturated heterocycles. The lowest BCUT2D eigenvalue weighted by molar-refractivity contribution is -0.157. The minimum atomic E-state index is -0.989. The van der Waals surface area contributed by atoms with Gasteiger partial charge in [-0.25, -0.2) is 4.79 Å². The molecule has 1 N–H and O–H groups in total. The first kappa shape index (κ1) is 25.3. The number of aliphatic hydroxyl groups is 1. The second-order valence-corrected chi connectivity index (χ2v) is 9.80. The highest BCUT2D eigenvalue weighted by Crippen LogP contribution is 2.44. The Kier molecular flexibility index (Phi) is 6.98. The molecular formula is C27H33N3O5. The van der Waals surface area contributed by atoms with Crippen LogP contribution < -0.4 is 0 Å². The molecule has 4 rings (SSSR count). The lowest BCUT2D eigenvalue weighted by Crippen LogP contribution is -2.64. The van der Waals surface area contributed by atoms with Crippen LogP contribution in [0.4, 0.5) is 0 Å². The molecule has 4 unspecified atom stereocenters. The van der Waals surface area contributed by atoms with Gasteiger partial charge in [0, 0.05) is 51.3 Å². The standard InChI is InChI=1S/C27H33N3O5/c1-18(15-31)20-7-8-26(3,17-28)27(13-20,34-4)30-11-9-29(10-12-30)14-24(32)21-5-6-22-23(19(21)2)16-35-25(22)33/h5-8,13,15,18,24,32H,9-12,14,16H2,1-4H3. The summed E-state index contributed by atoms with van der Waals surface area (Å²) in [6.07, 6.45) is 5.82. The van der Waals surface area contributed by atoms with Crippen molar-refractivity contribution in [3.8, 4) is 6.07 Å². The summed E-state index contributed by atoms with van der Waals surface area (Å²) in [5.41, 5.74) is 2.07. The summed E-state index contributed by atoms with van der Waals surface area (Å²) in [6.45, 7) is 8.96. The minimum Gasteiger partial charge on any atom is -0.457 e. The zero-order valence-electron chi connectivity index (χ0n) is 20.8. The van der Waals surface area contributed by atoms with E-state index in [0.29, 0.717) is 38.3 Å². The van der Waals surface area contributed by atoms with Crippen LogP contribution >= 0.6 is 0 Å². The fourth-order valence-corrected chi connectivity index (χ4v) is 5.44. The molecule has 8 nitrogen and oxygen atoms in total. The molecule has 2 aliphatic heterocycles. The number of cyclic esters (lactones) is 1. The average molecular weight is 480 g/mol. The number of hydrogen-bond donors (Lipinski definition) is 1. The van der Waals surface area contributed by atoms with Crippen LogP contribution in [0.2, 0.25) is 0 Å². The van der Waals surface area contributed by atoms with Gasteiger partial charge >= 0.3 is 5.97 Å². The van der Waals surface area contributed by atoms with Crippen molar-refractivity contribution in [3.63, 3.8) is 0 Å². The van der Waals surface area contributed by atoms with Gasteiger partial charge in [-0.1, -0.05) is 25.1 Å². The van der Waals surface area contributed by atoms with Crippen LogP contribution in [0, 0.1) is 29.6 Å². The average Bonchev–Trinajstić information content (AvgIpc) is 3.26. The largest absolute Gasteiger partial charge is 0.457 e. The molecule has 0 spiro atoms. The van der Waals surface area contributed by atoms with Gasteiger partial charge in [-0.15, -0.1) is 0 Å². The fourth-order valence-electron chi connectivity index (χ4n) is 5.44. The van der Waals surface area contributed by atoms with Crippen LogP contribution in [0.1, 0.15) is 47.0 Å². The molecule has 2 heterocycles. The maximum atomic E-state index is 11.8. The Balaban J connectivity index is 1.48. The quantitative estimate of drug-likeness (QED) is 0.470.